The minimum Gasteiger partial charge on any atom is -0.346 e. The monoisotopic (exact) mass is 623 g/mol. The minimum atomic E-state index is -0.972. The van der Waals surface area contributed by atoms with E-state index in [0.29, 0.717) is 37.1 Å². The van der Waals surface area contributed by atoms with Crippen LogP contribution in [0.2, 0.25) is 0 Å². The molecular weight excluding hydrogens is 570 g/mol. The second-order valence-electron chi connectivity index (χ2n) is 15.9. The third kappa shape index (κ3) is 6.14. The maximum atomic E-state index is 14.5. The van der Waals surface area contributed by atoms with Gasteiger partial charge in [0.2, 0.25) is 17.6 Å². The fourth-order valence-electron chi connectivity index (χ4n) is 10.6. The van der Waals surface area contributed by atoms with Crippen LogP contribution in [-0.4, -0.2) is 71.2 Å². The predicted octanol–water partition coefficient (Wildman–Crippen LogP) is 3.45. The zero-order valence-electron chi connectivity index (χ0n) is 27.4. The van der Waals surface area contributed by atoms with Gasteiger partial charge in [-0.3, -0.25) is 19.2 Å². The molecule has 0 aromatic carbocycles. The summed E-state index contributed by atoms with van der Waals surface area (Å²) in [7, 11) is 0. The van der Waals surface area contributed by atoms with E-state index in [-0.39, 0.29) is 47.2 Å². The van der Waals surface area contributed by atoms with Gasteiger partial charge in [-0.2, -0.15) is 0 Å². The molecule has 45 heavy (non-hydrogen) atoms. The van der Waals surface area contributed by atoms with Gasteiger partial charge in [0.15, 0.2) is 0 Å². The first-order valence-electron chi connectivity index (χ1n) is 17.6. The summed E-state index contributed by atoms with van der Waals surface area (Å²) in [4.78, 5) is 69.3. The van der Waals surface area contributed by atoms with E-state index in [2.05, 4.69) is 41.7 Å². The van der Waals surface area contributed by atoms with Crippen LogP contribution in [0.25, 0.3) is 0 Å². The van der Waals surface area contributed by atoms with Crippen molar-refractivity contribution in [2.75, 3.05) is 13.1 Å². The Hall–Kier alpha value is -2.91. The van der Waals surface area contributed by atoms with Crippen LogP contribution < -0.4 is 21.3 Å². The van der Waals surface area contributed by atoms with E-state index in [1.165, 1.54) is 25.3 Å². The predicted molar refractivity (Wildman–Crippen MR) is 170 cm³/mol. The van der Waals surface area contributed by atoms with Gasteiger partial charge in [0, 0.05) is 18.6 Å². The fourth-order valence-corrected chi connectivity index (χ4v) is 10.6. The molecule has 7 rings (SSSR count). The van der Waals surface area contributed by atoms with Gasteiger partial charge >= 0.3 is 6.03 Å². The highest BCUT2D eigenvalue weighted by Crippen LogP contribution is 2.65. The average molecular weight is 624 g/mol. The Bertz CT molecular complexity index is 1190. The van der Waals surface area contributed by atoms with Gasteiger partial charge in [-0.1, -0.05) is 46.1 Å². The van der Waals surface area contributed by atoms with Gasteiger partial charge in [0.25, 0.3) is 5.91 Å². The van der Waals surface area contributed by atoms with Crippen molar-refractivity contribution in [3.05, 3.63) is 12.7 Å². The summed E-state index contributed by atoms with van der Waals surface area (Å²) in [6.07, 6.45) is 13.1. The van der Waals surface area contributed by atoms with E-state index < -0.39 is 35.7 Å². The smallest absolute Gasteiger partial charge is 0.315 e. The van der Waals surface area contributed by atoms with E-state index in [1.54, 1.807) is 4.90 Å². The first kappa shape index (κ1) is 32.0. The number of piperidine rings is 1. The SMILES string of the molecule is C=CCNC(=O)C(=O)C(CCC)NC(=O)[C@@H]1C2C(CN1C(=O)[C@@H](NC(=O)NC13CC4CC(CC(C4)C1)C3)C1CCCC1)C2(C)C. The van der Waals surface area contributed by atoms with E-state index >= 15 is 0 Å². The number of carbonyl (C=O) groups is 5. The van der Waals surface area contributed by atoms with Crippen molar-refractivity contribution in [2.45, 2.75) is 121 Å². The first-order valence-corrected chi connectivity index (χ1v) is 17.6. The Morgan fingerprint density at radius 1 is 0.956 bits per heavy atom. The first-order chi connectivity index (χ1) is 21.5. The normalized spacial score (nSPS) is 35.2. The van der Waals surface area contributed by atoms with Crippen LogP contribution in [0.15, 0.2) is 12.7 Å². The fraction of sp³-hybridized carbons (Fsp3) is 0.800. The third-order valence-electron chi connectivity index (χ3n) is 12.4. The van der Waals surface area contributed by atoms with Gasteiger partial charge in [-0.25, -0.2) is 4.79 Å². The number of Topliss-reactive ketones (excluding diaryl/α,β-unsaturated/α-hetero) is 1. The summed E-state index contributed by atoms with van der Waals surface area (Å²) in [5.74, 6) is 0.182. The van der Waals surface area contributed by atoms with E-state index in [0.717, 1.165) is 44.9 Å². The van der Waals surface area contributed by atoms with Crippen molar-refractivity contribution in [1.29, 1.82) is 0 Å². The Balaban J connectivity index is 1.18. The number of hydrogen-bond acceptors (Lipinski definition) is 5. The number of ketones is 1. The number of hydrogen-bond donors (Lipinski definition) is 4. The molecule has 1 aliphatic heterocycles. The quantitative estimate of drug-likeness (QED) is 0.195. The van der Waals surface area contributed by atoms with Crippen LogP contribution in [0.5, 0.6) is 0 Å². The molecule has 0 aromatic rings. The molecule has 7 aliphatic rings. The Kier molecular flexibility index (Phi) is 8.80. The molecule has 1 saturated heterocycles. The van der Waals surface area contributed by atoms with Gasteiger partial charge in [0.1, 0.15) is 12.1 Å². The summed E-state index contributed by atoms with van der Waals surface area (Å²) in [6, 6.07) is -2.68. The van der Waals surface area contributed by atoms with E-state index in [4.69, 9.17) is 0 Å². The molecule has 10 nitrogen and oxygen atoms in total. The lowest BCUT2D eigenvalue weighted by Crippen LogP contribution is -2.64. The maximum absolute atomic E-state index is 14.5. The molecule has 5 amide bonds. The molecule has 4 N–H and O–H groups in total. The zero-order chi connectivity index (χ0) is 32.1. The van der Waals surface area contributed by atoms with Crippen LogP contribution in [-0.2, 0) is 19.2 Å². The number of amides is 5. The summed E-state index contributed by atoms with van der Waals surface area (Å²) in [6.45, 7) is 10.3. The molecule has 4 bridgehead atoms. The molecule has 0 spiro atoms. The van der Waals surface area contributed by atoms with Crippen LogP contribution >= 0.6 is 0 Å². The molecule has 0 radical (unpaired) electrons. The summed E-state index contributed by atoms with van der Waals surface area (Å²) in [5.41, 5.74) is -0.279. The number of urea groups is 1. The van der Waals surface area contributed by atoms with Crippen molar-refractivity contribution in [3.8, 4) is 0 Å². The lowest BCUT2D eigenvalue weighted by atomic mass is 9.53. The van der Waals surface area contributed by atoms with E-state index in [9.17, 15) is 24.0 Å². The number of rotatable bonds is 12. The Morgan fingerprint density at radius 3 is 2.16 bits per heavy atom. The second kappa shape index (κ2) is 12.4. The van der Waals surface area contributed by atoms with Crippen molar-refractivity contribution in [1.82, 2.24) is 26.2 Å². The largest absolute Gasteiger partial charge is 0.346 e. The number of nitrogens with zero attached hydrogens (tertiary/aromatic N) is 1. The standard InChI is InChI=1S/C35H53N5O5/c1-5-9-25(29(41)31(43)36-12-6-2)37-30(42)28-26-24(34(26,3)4)19-40(28)32(44)27(23-10-7-8-11-23)38-33(45)39-35-16-20-13-21(17-35)15-22(14-20)18-35/h6,20-28H,2,5,7-19H2,1,3-4H3,(H,36,43)(H,37,42)(H2,38,39,45)/t20?,21?,22?,24?,25?,26?,27-,28-,35?/m0/s1. The summed E-state index contributed by atoms with van der Waals surface area (Å²) in [5, 5.41) is 11.9. The topological polar surface area (TPSA) is 137 Å². The summed E-state index contributed by atoms with van der Waals surface area (Å²) >= 11 is 0. The highest BCUT2D eigenvalue weighted by Gasteiger charge is 2.70. The van der Waals surface area contributed by atoms with Crippen LogP contribution in [0.3, 0.4) is 0 Å². The molecular formula is C35H53N5O5. The molecule has 5 atom stereocenters. The minimum absolute atomic E-state index is 0.0243. The van der Waals surface area contributed by atoms with Crippen molar-refractivity contribution >= 4 is 29.5 Å². The molecule has 0 aromatic heterocycles. The molecule has 3 unspecified atom stereocenters. The van der Waals surface area contributed by atoms with Crippen LogP contribution in [0.1, 0.15) is 97.8 Å². The molecule has 7 fully saturated rings. The number of carbonyl (C=O) groups excluding carboxylic acids is 5. The maximum Gasteiger partial charge on any atom is 0.315 e. The third-order valence-corrected chi connectivity index (χ3v) is 12.4. The molecule has 10 heteroatoms. The van der Waals surface area contributed by atoms with Gasteiger partial charge in [-0.15, -0.1) is 6.58 Å². The number of nitrogens with one attached hydrogen (secondary N) is 4. The van der Waals surface area contributed by atoms with Gasteiger partial charge in [0.05, 0.1) is 6.04 Å². The highest BCUT2D eigenvalue weighted by atomic mass is 16.2. The van der Waals surface area contributed by atoms with Gasteiger partial charge < -0.3 is 26.2 Å². The molecule has 6 saturated carbocycles. The van der Waals surface area contributed by atoms with Gasteiger partial charge in [-0.05, 0) is 98.7 Å². The van der Waals surface area contributed by atoms with Crippen LogP contribution in [0, 0.1) is 40.9 Å². The summed E-state index contributed by atoms with van der Waals surface area (Å²) < 4.78 is 0. The zero-order valence-corrected chi connectivity index (χ0v) is 27.4. The molecule has 6 aliphatic carbocycles. The number of fused-ring (bicyclic) bond motifs is 1. The Morgan fingerprint density at radius 2 is 1.58 bits per heavy atom. The van der Waals surface area contributed by atoms with Crippen molar-refractivity contribution < 1.29 is 24.0 Å². The lowest BCUT2D eigenvalue weighted by molar-refractivity contribution is -0.144. The van der Waals surface area contributed by atoms with Crippen LogP contribution in [0.4, 0.5) is 4.79 Å². The molecule has 248 valence electrons. The highest BCUT2D eigenvalue weighted by molar-refractivity contribution is 6.38. The molecule has 1 heterocycles. The van der Waals surface area contributed by atoms with Crippen molar-refractivity contribution in [3.63, 3.8) is 0 Å². The van der Waals surface area contributed by atoms with E-state index in [1.807, 2.05) is 6.92 Å². The Labute approximate surface area is 267 Å². The lowest BCUT2D eigenvalue weighted by Gasteiger charge is -2.56. The number of likely N-dealkylation sites (tertiary alicyclic amines) is 1. The second-order valence-corrected chi connectivity index (χ2v) is 15.9. The average Bonchev–Trinajstić information content (AvgIpc) is 3.42. The van der Waals surface area contributed by atoms with Crippen molar-refractivity contribution in [2.24, 2.45) is 40.9 Å².